The van der Waals surface area contributed by atoms with Crippen molar-refractivity contribution in [2.24, 2.45) is 0 Å². The molecule has 1 aliphatic heterocycles. The summed E-state index contributed by atoms with van der Waals surface area (Å²) in [4.78, 5) is 0. The van der Waals surface area contributed by atoms with Crippen LogP contribution in [0, 0.1) is 0 Å². The van der Waals surface area contributed by atoms with Crippen LogP contribution in [0.4, 0.5) is 0 Å². The van der Waals surface area contributed by atoms with Crippen LogP contribution in [0.15, 0.2) is 59.0 Å². The van der Waals surface area contributed by atoms with Gasteiger partial charge in [0.2, 0.25) is 0 Å². The first kappa shape index (κ1) is 19.0. The summed E-state index contributed by atoms with van der Waals surface area (Å²) in [6.45, 7) is 12.3. The molecule has 144 valence electrons. The van der Waals surface area contributed by atoms with E-state index in [1.807, 2.05) is 26.0 Å². The van der Waals surface area contributed by atoms with Gasteiger partial charge in [0.05, 0.1) is 11.2 Å². The fraction of sp³-hybridized carbons (Fsp3) is 0.333. The highest BCUT2D eigenvalue weighted by molar-refractivity contribution is 6.62. The van der Waals surface area contributed by atoms with Crippen molar-refractivity contribution < 1.29 is 13.7 Å². The molecule has 1 fully saturated rings. The minimum Gasteiger partial charge on any atom is -0.456 e. The summed E-state index contributed by atoms with van der Waals surface area (Å²) in [6.07, 6.45) is 0. The zero-order chi connectivity index (χ0) is 20.1. The smallest absolute Gasteiger partial charge is 0.456 e. The summed E-state index contributed by atoms with van der Waals surface area (Å²) in [5.74, 6) is 0. The molecule has 1 saturated heterocycles. The molecule has 0 amide bonds. The lowest BCUT2D eigenvalue weighted by Crippen LogP contribution is -2.41. The fourth-order valence-corrected chi connectivity index (χ4v) is 3.69. The first-order valence-electron chi connectivity index (χ1n) is 10.1. The molecular formula is C24H27BO3. The molecular weight excluding hydrogens is 347 g/mol. The lowest BCUT2D eigenvalue weighted by atomic mass is 9.79. The van der Waals surface area contributed by atoms with Crippen molar-refractivity contribution in [3.05, 3.63) is 54.6 Å². The third-order valence-electron chi connectivity index (χ3n) is 5.91. The molecule has 0 aliphatic carbocycles. The van der Waals surface area contributed by atoms with Crippen LogP contribution in [0.3, 0.4) is 0 Å². The molecule has 0 N–H and O–H groups in total. The maximum Gasteiger partial charge on any atom is 0.494 e. The molecule has 1 aliphatic rings. The van der Waals surface area contributed by atoms with E-state index >= 15 is 0 Å². The summed E-state index contributed by atoms with van der Waals surface area (Å²) in [6, 6.07) is 18.8. The third-order valence-corrected chi connectivity index (χ3v) is 5.91. The average molecular weight is 374 g/mol. The van der Waals surface area contributed by atoms with Crippen LogP contribution in [-0.4, -0.2) is 18.3 Å². The van der Waals surface area contributed by atoms with Crippen LogP contribution in [0.2, 0.25) is 0 Å². The number of furan rings is 1. The van der Waals surface area contributed by atoms with Crippen LogP contribution < -0.4 is 5.46 Å². The third kappa shape index (κ3) is 2.83. The Kier molecular flexibility index (Phi) is 4.52. The topological polar surface area (TPSA) is 31.6 Å². The van der Waals surface area contributed by atoms with E-state index in [0.717, 1.165) is 22.0 Å². The largest absolute Gasteiger partial charge is 0.494 e. The molecule has 5 rings (SSSR count). The number of benzene rings is 3. The van der Waals surface area contributed by atoms with Gasteiger partial charge in [0, 0.05) is 10.8 Å². The van der Waals surface area contributed by atoms with Crippen molar-refractivity contribution in [2.45, 2.75) is 52.7 Å². The summed E-state index contributed by atoms with van der Waals surface area (Å²) in [5.41, 5.74) is 2.06. The predicted octanol–water partition coefficient (Wildman–Crippen LogP) is 6.06. The maximum absolute atomic E-state index is 6.18. The average Bonchev–Trinajstić information content (AvgIpc) is 3.16. The molecule has 0 radical (unpaired) electrons. The number of hydrogen-bond acceptors (Lipinski definition) is 3. The van der Waals surface area contributed by atoms with Crippen LogP contribution in [0.5, 0.6) is 0 Å². The Labute approximate surface area is 166 Å². The summed E-state index contributed by atoms with van der Waals surface area (Å²) in [5, 5.41) is 4.72. The van der Waals surface area contributed by atoms with E-state index in [1.54, 1.807) is 0 Å². The highest BCUT2D eigenvalue weighted by atomic mass is 16.7. The van der Waals surface area contributed by atoms with Gasteiger partial charge in [-0.2, -0.15) is 0 Å². The molecule has 0 unspecified atom stereocenters. The summed E-state index contributed by atoms with van der Waals surface area (Å²) < 4.78 is 18.5. The molecule has 2 heterocycles. The predicted molar refractivity (Wildman–Crippen MR) is 118 cm³/mol. The molecule has 0 atom stereocenters. The van der Waals surface area contributed by atoms with Gasteiger partial charge in [-0.15, -0.1) is 0 Å². The van der Waals surface area contributed by atoms with E-state index in [1.165, 1.54) is 16.2 Å². The molecule has 3 aromatic carbocycles. The lowest BCUT2D eigenvalue weighted by molar-refractivity contribution is 0.00578. The summed E-state index contributed by atoms with van der Waals surface area (Å²) >= 11 is 0. The Hall–Kier alpha value is -2.30. The van der Waals surface area contributed by atoms with Crippen molar-refractivity contribution in [2.75, 3.05) is 0 Å². The van der Waals surface area contributed by atoms with Crippen molar-refractivity contribution in [3.63, 3.8) is 0 Å². The molecule has 4 aromatic rings. The van der Waals surface area contributed by atoms with E-state index in [-0.39, 0.29) is 18.3 Å². The van der Waals surface area contributed by atoms with Crippen molar-refractivity contribution in [1.29, 1.82) is 0 Å². The highest BCUT2D eigenvalue weighted by Crippen LogP contribution is 2.38. The Morgan fingerprint density at radius 2 is 1.39 bits per heavy atom. The number of rotatable bonds is 1. The van der Waals surface area contributed by atoms with Gasteiger partial charge in [-0.05, 0) is 56.1 Å². The van der Waals surface area contributed by atoms with E-state index in [9.17, 15) is 0 Å². The minimum atomic E-state index is -0.380. The van der Waals surface area contributed by atoms with Crippen LogP contribution >= 0.6 is 0 Å². The van der Waals surface area contributed by atoms with E-state index in [2.05, 4.69) is 70.2 Å². The second kappa shape index (κ2) is 6.65. The first-order valence-corrected chi connectivity index (χ1v) is 10.1. The van der Waals surface area contributed by atoms with Gasteiger partial charge in [-0.3, -0.25) is 0 Å². The zero-order valence-corrected chi connectivity index (χ0v) is 17.5. The Balaban J connectivity index is 0.000000932. The van der Waals surface area contributed by atoms with Crippen LogP contribution in [0.1, 0.15) is 41.5 Å². The molecule has 4 heteroatoms. The van der Waals surface area contributed by atoms with Gasteiger partial charge in [0.15, 0.2) is 0 Å². The quantitative estimate of drug-likeness (QED) is 0.379. The van der Waals surface area contributed by atoms with E-state index in [4.69, 9.17) is 13.7 Å². The zero-order valence-electron chi connectivity index (χ0n) is 17.5. The van der Waals surface area contributed by atoms with Gasteiger partial charge in [-0.1, -0.05) is 56.3 Å². The first-order chi connectivity index (χ1) is 13.4. The normalized spacial score (nSPS) is 17.9. The molecule has 0 bridgehead atoms. The van der Waals surface area contributed by atoms with Gasteiger partial charge < -0.3 is 13.7 Å². The molecule has 3 nitrogen and oxygen atoms in total. The standard InChI is InChI=1S/C22H21BO3.C2H6/c1-21(2)22(3,4)26-23(25-21)15-10-11-17-19(13-15)24-18-12-9-14-7-5-6-8-16(14)20(17)18;1-2/h5-13H,1-4H3;1-2H3. The highest BCUT2D eigenvalue weighted by Gasteiger charge is 2.51. The van der Waals surface area contributed by atoms with Gasteiger partial charge in [0.1, 0.15) is 11.2 Å². The maximum atomic E-state index is 6.18. The van der Waals surface area contributed by atoms with Crippen molar-refractivity contribution in [1.82, 2.24) is 0 Å². The van der Waals surface area contributed by atoms with E-state index < -0.39 is 0 Å². The van der Waals surface area contributed by atoms with Crippen molar-refractivity contribution >= 4 is 45.3 Å². The fourth-order valence-electron chi connectivity index (χ4n) is 3.69. The second-order valence-corrected chi connectivity index (χ2v) is 8.11. The van der Waals surface area contributed by atoms with Crippen LogP contribution in [-0.2, 0) is 9.31 Å². The second-order valence-electron chi connectivity index (χ2n) is 8.11. The Morgan fingerprint density at radius 3 is 2.11 bits per heavy atom. The van der Waals surface area contributed by atoms with Crippen LogP contribution in [0.25, 0.3) is 32.7 Å². The Morgan fingerprint density at radius 1 is 0.714 bits per heavy atom. The van der Waals surface area contributed by atoms with E-state index in [0.29, 0.717) is 0 Å². The monoisotopic (exact) mass is 374 g/mol. The lowest BCUT2D eigenvalue weighted by Gasteiger charge is -2.32. The summed E-state index contributed by atoms with van der Waals surface area (Å²) in [7, 11) is -0.380. The SMILES string of the molecule is CC.CC1(C)OB(c2ccc3c(c2)oc2ccc4ccccc4c23)OC1(C)C. The number of hydrogen-bond donors (Lipinski definition) is 0. The minimum absolute atomic E-state index is 0.350. The van der Waals surface area contributed by atoms with Gasteiger partial charge in [0.25, 0.3) is 0 Å². The molecule has 0 saturated carbocycles. The molecule has 28 heavy (non-hydrogen) atoms. The molecule has 0 spiro atoms. The van der Waals surface area contributed by atoms with Crippen molar-refractivity contribution in [3.8, 4) is 0 Å². The Bertz CT molecular complexity index is 1140. The number of fused-ring (bicyclic) bond motifs is 5. The molecule has 1 aromatic heterocycles. The van der Waals surface area contributed by atoms with Gasteiger partial charge >= 0.3 is 7.12 Å². The van der Waals surface area contributed by atoms with Gasteiger partial charge in [-0.25, -0.2) is 0 Å².